The van der Waals surface area contributed by atoms with E-state index in [1.165, 1.54) is 12.1 Å². The molecule has 0 aliphatic carbocycles. The van der Waals surface area contributed by atoms with Gasteiger partial charge in [0.1, 0.15) is 5.82 Å². The molecule has 0 aromatic heterocycles. The maximum Gasteiger partial charge on any atom is 0.490 e. The molecule has 0 radical (unpaired) electrons. The molecular formula is C8H6F4O2. The van der Waals surface area contributed by atoms with Gasteiger partial charge in [-0.1, -0.05) is 18.2 Å². The van der Waals surface area contributed by atoms with Crippen molar-refractivity contribution in [3.63, 3.8) is 0 Å². The molecule has 0 spiro atoms. The highest BCUT2D eigenvalue weighted by molar-refractivity contribution is 5.73. The van der Waals surface area contributed by atoms with E-state index in [-0.39, 0.29) is 5.82 Å². The lowest BCUT2D eigenvalue weighted by Gasteiger charge is -1.93. The molecule has 0 aliphatic heterocycles. The molecule has 6 heteroatoms. The van der Waals surface area contributed by atoms with E-state index in [9.17, 15) is 17.6 Å². The largest absolute Gasteiger partial charge is 0.490 e. The highest BCUT2D eigenvalue weighted by atomic mass is 19.4. The summed E-state index contributed by atoms with van der Waals surface area (Å²) in [5, 5.41) is 7.12. The van der Waals surface area contributed by atoms with Crippen molar-refractivity contribution in [3.05, 3.63) is 36.1 Å². The molecular weight excluding hydrogens is 204 g/mol. The number of halogens is 4. The van der Waals surface area contributed by atoms with Gasteiger partial charge in [0.05, 0.1) is 0 Å². The number of benzene rings is 1. The van der Waals surface area contributed by atoms with Crippen LogP contribution in [0.15, 0.2) is 30.3 Å². The molecule has 0 heterocycles. The molecule has 0 atom stereocenters. The number of carboxylic acids is 1. The Morgan fingerprint density at radius 3 is 1.64 bits per heavy atom. The molecule has 0 bridgehead atoms. The monoisotopic (exact) mass is 210 g/mol. The minimum absolute atomic E-state index is 0.178. The summed E-state index contributed by atoms with van der Waals surface area (Å²) in [6.07, 6.45) is -5.08. The first kappa shape index (κ1) is 12.4. The van der Waals surface area contributed by atoms with E-state index >= 15 is 0 Å². The quantitative estimate of drug-likeness (QED) is 0.668. The average molecular weight is 210 g/mol. The van der Waals surface area contributed by atoms with Gasteiger partial charge in [-0.15, -0.1) is 0 Å². The Hall–Kier alpha value is -1.59. The Morgan fingerprint density at radius 1 is 1.14 bits per heavy atom. The van der Waals surface area contributed by atoms with Crippen molar-refractivity contribution in [2.45, 2.75) is 6.18 Å². The van der Waals surface area contributed by atoms with Crippen LogP contribution in [-0.2, 0) is 4.79 Å². The van der Waals surface area contributed by atoms with E-state index in [1.54, 1.807) is 18.2 Å². The van der Waals surface area contributed by atoms with Gasteiger partial charge in [-0.25, -0.2) is 9.18 Å². The number of hydrogen-bond acceptors (Lipinski definition) is 1. The van der Waals surface area contributed by atoms with Gasteiger partial charge in [0, 0.05) is 0 Å². The number of alkyl halides is 3. The Morgan fingerprint density at radius 2 is 1.50 bits per heavy atom. The molecule has 1 rings (SSSR count). The first-order valence-electron chi connectivity index (χ1n) is 3.34. The summed E-state index contributed by atoms with van der Waals surface area (Å²) in [5.41, 5.74) is 0. The fraction of sp³-hybridized carbons (Fsp3) is 0.125. The maximum atomic E-state index is 11.9. The van der Waals surface area contributed by atoms with Crippen molar-refractivity contribution >= 4 is 5.97 Å². The zero-order valence-electron chi connectivity index (χ0n) is 6.75. The fourth-order valence-corrected chi connectivity index (χ4v) is 0.415. The summed E-state index contributed by atoms with van der Waals surface area (Å²) in [4.78, 5) is 8.90. The van der Waals surface area contributed by atoms with Crippen molar-refractivity contribution in [1.29, 1.82) is 0 Å². The highest BCUT2D eigenvalue weighted by Gasteiger charge is 2.38. The minimum Gasteiger partial charge on any atom is -0.475 e. The Bertz CT molecular complexity index is 281. The van der Waals surface area contributed by atoms with Crippen molar-refractivity contribution in [2.24, 2.45) is 0 Å². The zero-order chi connectivity index (χ0) is 11.2. The number of aliphatic carboxylic acids is 1. The molecule has 0 saturated heterocycles. The van der Waals surface area contributed by atoms with E-state index in [0.29, 0.717) is 0 Å². The van der Waals surface area contributed by atoms with Gasteiger partial charge in [-0.3, -0.25) is 0 Å². The predicted octanol–water partition coefficient (Wildman–Crippen LogP) is 2.46. The first-order chi connectivity index (χ1) is 6.34. The molecule has 2 nitrogen and oxygen atoms in total. The van der Waals surface area contributed by atoms with Crippen LogP contribution in [-0.4, -0.2) is 17.3 Å². The number of carboxylic acid groups (broad SMARTS) is 1. The zero-order valence-corrected chi connectivity index (χ0v) is 6.75. The third-order valence-electron chi connectivity index (χ3n) is 0.976. The second kappa shape index (κ2) is 5.21. The second-order valence-corrected chi connectivity index (χ2v) is 2.10. The topological polar surface area (TPSA) is 37.3 Å². The maximum absolute atomic E-state index is 11.9. The van der Waals surface area contributed by atoms with E-state index in [2.05, 4.69) is 0 Å². The van der Waals surface area contributed by atoms with Gasteiger partial charge >= 0.3 is 12.1 Å². The number of rotatable bonds is 0. The van der Waals surface area contributed by atoms with Crippen LogP contribution in [0.5, 0.6) is 0 Å². The Labute approximate surface area is 76.8 Å². The Kier molecular flexibility index (Phi) is 4.62. The van der Waals surface area contributed by atoms with Crippen LogP contribution in [0.25, 0.3) is 0 Å². The summed E-state index contributed by atoms with van der Waals surface area (Å²) in [5.74, 6) is -2.94. The van der Waals surface area contributed by atoms with Crippen molar-refractivity contribution in [3.8, 4) is 0 Å². The normalized spacial score (nSPS) is 10.0. The van der Waals surface area contributed by atoms with Crippen molar-refractivity contribution < 1.29 is 27.5 Å². The molecule has 1 N–H and O–H groups in total. The fourth-order valence-electron chi connectivity index (χ4n) is 0.415. The van der Waals surface area contributed by atoms with Crippen LogP contribution in [0.3, 0.4) is 0 Å². The van der Waals surface area contributed by atoms with E-state index in [1.807, 2.05) is 0 Å². The molecule has 0 aliphatic rings. The van der Waals surface area contributed by atoms with Gasteiger partial charge in [-0.2, -0.15) is 13.2 Å². The predicted molar refractivity (Wildman–Crippen MR) is 40.1 cm³/mol. The van der Waals surface area contributed by atoms with Crippen LogP contribution in [0.4, 0.5) is 17.6 Å². The third-order valence-corrected chi connectivity index (χ3v) is 0.976. The summed E-state index contributed by atoms with van der Waals surface area (Å²) in [6.45, 7) is 0. The lowest BCUT2D eigenvalue weighted by molar-refractivity contribution is -0.192. The Balaban J connectivity index is 0.000000241. The first-order valence-corrected chi connectivity index (χ1v) is 3.34. The average Bonchev–Trinajstić information content (AvgIpc) is 2.04. The lowest BCUT2D eigenvalue weighted by Crippen LogP contribution is -2.21. The van der Waals surface area contributed by atoms with Gasteiger partial charge in [-0.05, 0) is 12.1 Å². The van der Waals surface area contributed by atoms with E-state index in [4.69, 9.17) is 9.90 Å². The minimum atomic E-state index is -5.08. The van der Waals surface area contributed by atoms with Crippen molar-refractivity contribution in [1.82, 2.24) is 0 Å². The van der Waals surface area contributed by atoms with E-state index in [0.717, 1.165) is 0 Å². The number of hydrogen-bond donors (Lipinski definition) is 1. The second-order valence-electron chi connectivity index (χ2n) is 2.10. The van der Waals surface area contributed by atoms with Crippen LogP contribution in [0.1, 0.15) is 0 Å². The molecule has 14 heavy (non-hydrogen) atoms. The lowest BCUT2D eigenvalue weighted by atomic mass is 10.4. The summed E-state index contributed by atoms with van der Waals surface area (Å²) in [6, 6.07) is 7.94. The SMILES string of the molecule is Fc1ccccc1.O=C(O)C(F)(F)F. The summed E-state index contributed by atoms with van der Waals surface area (Å²) >= 11 is 0. The van der Waals surface area contributed by atoms with Crippen molar-refractivity contribution in [2.75, 3.05) is 0 Å². The van der Waals surface area contributed by atoms with Crippen LogP contribution < -0.4 is 0 Å². The van der Waals surface area contributed by atoms with Crippen LogP contribution in [0.2, 0.25) is 0 Å². The number of carbonyl (C=O) groups is 1. The molecule has 1 aromatic carbocycles. The molecule has 78 valence electrons. The molecule has 1 aromatic rings. The molecule has 0 saturated carbocycles. The van der Waals surface area contributed by atoms with Gasteiger partial charge < -0.3 is 5.11 Å². The highest BCUT2D eigenvalue weighted by Crippen LogP contribution is 2.13. The van der Waals surface area contributed by atoms with Crippen LogP contribution in [0, 0.1) is 5.82 Å². The van der Waals surface area contributed by atoms with Crippen LogP contribution >= 0.6 is 0 Å². The molecule has 0 unspecified atom stereocenters. The smallest absolute Gasteiger partial charge is 0.475 e. The standard InChI is InChI=1S/C6H5F.C2HF3O2/c7-6-4-2-1-3-5-6;3-2(4,5)1(6)7/h1-5H;(H,6,7). The van der Waals surface area contributed by atoms with E-state index < -0.39 is 12.1 Å². The van der Waals surface area contributed by atoms with Gasteiger partial charge in [0.15, 0.2) is 0 Å². The molecule has 0 fully saturated rings. The third kappa shape index (κ3) is 5.99. The van der Waals surface area contributed by atoms with Gasteiger partial charge in [0.2, 0.25) is 0 Å². The van der Waals surface area contributed by atoms with Gasteiger partial charge in [0.25, 0.3) is 0 Å². The summed E-state index contributed by atoms with van der Waals surface area (Å²) < 4.78 is 43.6. The molecule has 0 amide bonds. The summed E-state index contributed by atoms with van der Waals surface area (Å²) in [7, 11) is 0.